The molecule has 0 fully saturated rings. The summed E-state index contributed by atoms with van der Waals surface area (Å²) >= 11 is 0. The highest BCUT2D eigenvalue weighted by molar-refractivity contribution is 6.12. The van der Waals surface area contributed by atoms with E-state index in [1.807, 2.05) is 78.9 Å². The number of aliphatic imine (C=N–C) groups is 1. The van der Waals surface area contributed by atoms with Crippen LogP contribution in [0.3, 0.4) is 0 Å². The molecule has 0 aromatic heterocycles. The summed E-state index contributed by atoms with van der Waals surface area (Å²) in [6.07, 6.45) is 1.72. The van der Waals surface area contributed by atoms with Gasteiger partial charge in [0.1, 0.15) is 12.4 Å². The summed E-state index contributed by atoms with van der Waals surface area (Å²) in [5.74, 6) is 0.602. The first-order chi connectivity index (χ1) is 14.9. The van der Waals surface area contributed by atoms with Gasteiger partial charge in [0, 0.05) is 5.56 Å². The SMILES string of the molecule is CC(C)(C)c1ccc(C2=NC(=Cc3cccc(OCc4ccccc4)c3)C(=O)O2)cc1. The molecule has 0 aliphatic carbocycles. The molecule has 0 radical (unpaired) electrons. The molecule has 1 heterocycles. The number of hydrogen-bond donors (Lipinski definition) is 0. The lowest BCUT2D eigenvalue weighted by Gasteiger charge is -2.18. The zero-order chi connectivity index (χ0) is 21.8. The monoisotopic (exact) mass is 411 g/mol. The number of esters is 1. The maximum atomic E-state index is 12.3. The standard InChI is InChI=1S/C27H25NO3/c1-27(2,3)22-14-12-21(13-15-22)25-28-24(26(29)31-25)17-20-10-7-11-23(16-20)30-18-19-8-5-4-6-9-19/h4-17H,18H2,1-3H3. The molecule has 4 rings (SSSR count). The Balaban J connectivity index is 1.50. The van der Waals surface area contributed by atoms with Crippen molar-refractivity contribution < 1.29 is 14.3 Å². The first kappa shape index (κ1) is 20.6. The van der Waals surface area contributed by atoms with Crippen molar-refractivity contribution in [2.45, 2.75) is 32.8 Å². The molecule has 0 N–H and O–H groups in total. The molecule has 0 amide bonds. The van der Waals surface area contributed by atoms with Crippen molar-refractivity contribution in [1.82, 2.24) is 0 Å². The Morgan fingerprint density at radius 1 is 0.935 bits per heavy atom. The van der Waals surface area contributed by atoms with Gasteiger partial charge in [-0.15, -0.1) is 0 Å². The van der Waals surface area contributed by atoms with E-state index in [0.29, 0.717) is 12.5 Å². The van der Waals surface area contributed by atoms with Crippen molar-refractivity contribution in [2.24, 2.45) is 4.99 Å². The van der Waals surface area contributed by atoms with E-state index in [0.717, 1.165) is 22.4 Å². The second-order valence-electron chi connectivity index (χ2n) is 8.51. The number of carbonyl (C=O) groups excluding carboxylic acids is 1. The Labute approximate surface area is 182 Å². The van der Waals surface area contributed by atoms with E-state index in [1.54, 1.807) is 6.08 Å². The molecule has 0 saturated carbocycles. The number of hydrogen-bond acceptors (Lipinski definition) is 4. The predicted molar refractivity (Wildman–Crippen MR) is 123 cm³/mol. The number of nitrogens with zero attached hydrogens (tertiary/aromatic N) is 1. The molecule has 0 spiro atoms. The number of carbonyl (C=O) groups is 1. The maximum Gasteiger partial charge on any atom is 0.363 e. The fraction of sp³-hybridized carbons (Fsp3) is 0.185. The van der Waals surface area contributed by atoms with Crippen molar-refractivity contribution in [1.29, 1.82) is 0 Å². The van der Waals surface area contributed by atoms with Crippen LogP contribution in [0.2, 0.25) is 0 Å². The molecule has 1 aliphatic heterocycles. The molecule has 156 valence electrons. The molecule has 3 aromatic rings. The Bertz CT molecular complexity index is 1140. The van der Waals surface area contributed by atoms with Crippen molar-refractivity contribution >= 4 is 17.9 Å². The van der Waals surface area contributed by atoms with E-state index < -0.39 is 5.97 Å². The van der Waals surface area contributed by atoms with Crippen LogP contribution in [-0.2, 0) is 21.6 Å². The van der Waals surface area contributed by atoms with E-state index in [1.165, 1.54) is 5.56 Å². The summed E-state index contributed by atoms with van der Waals surface area (Å²) in [4.78, 5) is 16.8. The third-order valence-electron chi connectivity index (χ3n) is 5.03. The van der Waals surface area contributed by atoms with Gasteiger partial charge in [-0.25, -0.2) is 9.79 Å². The smallest absolute Gasteiger partial charge is 0.363 e. The van der Waals surface area contributed by atoms with Crippen LogP contribution in [0.15, 0.2) is 89.6 Å². The maximum absolute atomic E-state index is 12.3. The zero-order valence-electron chi connectivity index (χ0n) is 18.0. The van der Waals surface area contributed by atoms with E-state index >= 15 is 0 Å². The fourth-order valence-electron chi connectivity index (χ4n) is 3.24. The molecule has 0 atom stereocenters. The number of cyclic esters (lactones) is 1. The van der Waals surface area contributed by atoms with Crippen LogP contribution in [0.25, 0.3) is 6.08 Å². The van der Waals surface area contributed by atoms with E-state index in [9.17, 15) is 4.79 Å². The largest absolute Gasteiger partial charge is 0.489 e. The van der Waals surface area contributed by atoms with Crippen molar-refractivity contribution in [2.75, 3.05) is 0 Å². The Hall–Kier alpha value is -3.66. The van der Waals surface area contributed by atoms with Crippen LogP contribution in [0.5, 0.6) is 5.75 Å². The van der Waals surface area contributed by atoms with Gasteiger partial charge in [-0.1, -0.05) is 75.4 Å². The Morgan fingerprint density at radius 3 is 2.39 bits per heavy atom. The van der Waals surface area contributed by atoms with Gasteiger partial charge in [0.25, 0.3) is 0 Å². The summed E-state index contributed by atoms with van der Waals surface area (Å²) < 4.78 is 11.3. The molecule has 0 bridgehead atoms. The molecule has 4 heteroatoms. The van der Waals surface area contributed by atoms with E-state index in [4.69, 9.17) is 9.47 Å². The highest BCUT2D eigenvalue weighted by Crippen LogP contribution is 2.25. The molecule has 3 aromatic carbocycles. The third-order valence-corrected chi connectivity index (χ3v) is 5.03. The highest BCUT2D eigenvalue weighted by Gasteiger charge is 2.24. The molecule has 0 saturated heterocycles. The van der Waals surface area contributed by atoms with Crippen LogP contribution in [0.4, 0.5) is 0 Å². The molecule has 0 unspecified atom stereocenters. The lowest BCUT2D eigenvalue weighted by atomic mass is 9.87. The highest BCUT2D eigenvalue weighted by atomic mass is 16.6. The second-order valence-corrected chi connectivity index (χ2v) is 8.51. The number of benzene rings is 3. The molecular weight excluding hydrogens is 386 g/mol. The van der Waals surface area contributed by atoms with Gasteiger partial charge in [-0.3, -0.25) is 0 Å². The summed E-state index contributed by atoms with van der Waals surface area (Å²) in [5.41, 5.74) is 4.25. The lowest BCUT2D eigenvalue weighted by molar-refractivity contribution is -0.129. The zero-order valence-corrected chi connectivity index (χ0v) is 18.0. The van der Waals surface area contributed by atoms with Gasteiger partial charge in [0.15, 0.2) is 5.70 Å². The van der Waals surface area contributed by atoms with Gasteiger partial charge < -0.3 is 9.47 Å². The van der Waals surface area contributed by atoms with Gasteiger partial charge in [-0.2, -0.15) is 0 Å². The third kappa shape index (κ3) is 5.10. The minimum absolute atomic E-state index is 0.0609. The lowest BCUT2D eigenvalue weighted by Crippen LogP contribution is -2.11. The first-order valence-electron chi connectivity index (χ1n) is 10.3. The molecular formula is C27H25NO3. The second kappa shape index (κ2) is 8.60. The summed E-state index contributed by atoms with van der Waals surface area (Å²) in [5, 5.41) is 0. The van der Waals surface area contributed by atoms with Crippen molar-refractivity contribution in [3.05, 3.63) is 107 Å². The normalized spacial score (nSPS) is 15.0. The minimum Gasteiger partial charge on any atom is -0.489 e. The minimum atomic E-state index is -0.453. The van der Waals surface area contributed by atoms with Crippen LogP contribution in [-0.4, -0.2) is 11.9 Å². The predicted octanol–water partition coefficient (Wildman–Crippen LogP) is 5.91. The Morgan fingerprint density at radius 2 is 1.68 bits per heavy atom. The average molecular weight is 412 g/mol. The van der Waals surface area contributed by atoms with Gasteiger partial charge >= 0.3 is 5.97 Å². The van der Waals surface area contributed by atoms with Crippen LogP contribution in [0.1, 0.15) is 43.0 Å². The quantitative estimate of drug-likeness (QED) is 0.387. The van der Waals surface area contributed by atoms with E-state index in [2.05, 4.69) is 25.8 Å². The van der Waals surface area contributed by atoms with Gasteiger partial charge in [0.2, 0.25) is 5.90 Å². The molecule has 31 heavy (non-hydrogen) atoms. The van der Waals surface area contributed by atoms with Crippen LogP contribution < -0.4 is 4.74 Å². The Kier molecular flexibility index (Phi) is 5.72. The van der Waals surface area contributed by atoms with E-state index in [-0.39, 0.29) is 11.1 Å². The first-order valence-corrected chi connectivity index (χ1v) is 10.3. The summed E-state index contributed by atoms with van der Waals surface area (Å²) in [6.45, 7) is 6.96. The molecule has 4 nitrogen and oxygen atoms in total. The number of ether oxygens (including phenoxy) is 2. The van der Waals surface area contributed by atoms with Crippen LogP contribution in [0, 0.1) is 0 Å². The fourth-order valence-corrected chi connectivity index (χ4v) is 3.24. The number of rotatable bonds is 5. The molecule has 1 aliphatic rings. The van der Waals surface area contributed by atoms with Crippen LogP contribution >= 0.6 is 0 Å². The topological polar surface area (TPSA) is 47.9 Å². The average Bonchev–Trinajstić information content (AvgIpc) is 3.13. The van der Waals surface area contributed by atoms with Crippen molar-refractivity contribution in [3.63, 3.8) is 0 Å². The van der Waals surface area contributed by atoms with Gasteiger partial charge in [0.05, 0.1) is 0 Å². The van der Waals surface area contributed by atoms with Crippen molar-refractivity contribution in [3.8, 4) is 5.75 Å². The van der Waals surface area contributed by atoms with Gasteiger partial charge in [-0.05, 0) is 52.4 Å². The summed E-state index contributed by atoms with van der Waals surface area (Å²) in [6, 6.07) is 25.5. The summed E-state index contributed by atoms with van der Waals surface area (Å²) in [7, 11) is 0.